The molecule has 4 bridgehead atoms. The zero-order chi connectivity index (χ0) is 35.9. The van der Waals surface area contributed by atoms with Crippen LogP contribution in [0.4, 0.5) is 0 Å². The SMILES string of the molecule is Brc1ccc2oc(C3CC4CCC(C3)N4)nc2c1.CC(=O)OOC(C)=O.CN1C2CCC1CC(c1nc3cc(Br)ccc3o1)C2.[B-]OC(C)=O.[Na+]. The molecule has 16 heteroatoms. The molecule has 0 spiro atoms. The van der Waals surface area contributed by atoms with Crippen molar-refractivity contribution >= 4 is 80.0 Å². The second-order valence-corrected chi connectivity index (χ2v) is 14.9. The Morgan fingerprint density at radius 2 is 1.16 bits per heavy atom. The summed E-state index contributed by atoms with van der Waals surface area (Å²) < 4.78 is 17.6. The quantitative estimate of drug-likeness (QED) is 0.176. The topological polar surface area (TPSA) is 146 Å². The van der Waals surface area contributed by atoms with Crippen LogP contribution in [0.2, 0.25) is 0 Å². The standard InChI is InChI=1S/C15H17BrN2O.C14H15BrN2O.C4H6O4.C2H3BO2.Na/c1-18-11-3-4-12(18)7-9(6-11)15-17-13-8-10(16)2-5-14(13)19-15;15-9-1-4-13-12(7-9)17-14(18-13)8-5-10-2-3-11(6-8)16-10;1-3(5)7-8-4(2)6;1-2(4)5-3;/h2,5,8-9,11-12H,3-4,6-7H2,1H3;1,4,7-8,10-11,16H,2-3,5-6H2;1-2H3;1H3;/q;;;-1;+1. The summed E-state index contributed by atoms with van der Waals surface area (Å²) in [5.74, 6) is 1.12. The fraction of sp³-hybridized carbons (Fsp3) is 0.514. The zero-order valence-electron chi connectivity index (χ0n) is 29.5. The smallest absolute Gasteiger partial charge is 0.793 e. The Labute approximate surface area is 337 Å². The van der Waals surface area contributed by atoms with Gasteiger partial charge in [0.05, 0.1) is 0 Å². The van der Waals surface area contributed by atoms with Crippen LogP contribution in [0.3, 0.4) is 0 Å². The van der Waals surface area contributed by atoms with Crippen molar-refractivity contribution in [1.82, 2.24) is 20.2 Å². The summed E-state index contributed by atoms with van der Waals surface area (Å²) >= 11 is 6.96. The van der Waals surface area contributed by atoms with Crippen molar-refractivity contribution in [2.24, 2.45) is 0 Å². The number of hydrogen-bond acceptors (Lipinski definition) is 12. The number of piperidine rings is 2. The Morgan fingerprint density at radius 3 is 1.55 bits per heavy atom. The second kappa shape index (κ2) is 19.2. The first kappa shape index (κ1) is 41.5. The van der Waals surface area contributed by atoms with E-state index in [1.807, 2.05) is 36.4 Å². The van der Waals surface area contributed by atoms with E-state index in [-0.39, 0.29) is 29.6 Å². The molecule has 6 heterocycles. The molecule has 3 radical (unpaired) electrons. The number of oxazole rings is 2. The normalized spacial score (nSPS) is 24.5. The van der Waals surface area contributed by atoms with E-state index in [0.29, 0.717) is 23.9 Å². The molecular weight excluding hydrogens is 798 g/mol. The van der Waals surface area contributed by atoms with Gasteiger partial charge in [-0.25, -0.2) is 29.3 Å². The molecule has 4 unspecified atom stereocenters. The Hall–Kier alpha value is -2.27. The molecule has 12 nitrogen and oxygen atoms in total. The minimum absolute atomic E-state index is 0. The largest absolute Gasteiger partial charge is 1.00 e. The third kappa shape index (κ3) is 11.6. The summed E-state index contributed by atoms with van der Waals surface area (Å²) in [6.07, 6.45) is 10.0. The van der Waals surface area contributed by atoms with Gasteiger partial charge in [0.25, 0.3) is 0 Å². The zero-order valence-corrected chi connectivity index (χ0v) is 34.7. The number of benzene rings is 2. The van der Waals surface area contributed by atoms with Crippen LogP contribution in [-0.2, 0) is 28.8 Å². The molecule has 0 saturated carbocycles. The summed E-state index contributed by atoms with van der Waals surface area (Å²) in [6, 6.07) is 14.9. The number of nitrogens with one attached hydrogen (secondary N) is 1. The molecule has 51 heavy (non-hydrogen) atoms. The summed E-state index contributed by atoms with van der Waals surface area (Å²) in [7, 11) is 6.59. The summed E-state index contributed by atoms with van der Waals surface area (Å²) in [5.41, 5.74) is 3.74. The number of rotatable bonds is 2. The van der Waals surface area contributed by atoms with Crippen molar-refractivity contribution < 1.29 is 67.2 Å². The molecule has 1 N–H and O–H groups in total. The second-order valence-electron chi connectivity index (χ2n) is 13.1. The predicted octanol–water partition coefficient (Wildman–Crippen LogP) is 4.18. The van der Waals surface area contributed by atoms with Crippen LogP contribution in [0.25, 0.3) is 22.2 Å². The fourth-order valence-electron chi connectivity index (χ4n) is 7.18. The van der Waals surface area contributed by atoms with Gasteiger partial charge < -0.3 is 31.8 Å². The maximum absolute atomic E-state index is 9.85. The van der Waals surface area contributed by atoms with E-state index in [9.17, 15) is 14.4 Å². The average Bonchev–Trinajstić information content (AvgIpc) is 3.83. The molecule has 0 aliphatic carbocycles. The van der Waals surface area contributed by atoms with Crippen molar-refractivity contribution in [2.45, 2.75) is 108 Å². The van der Waals surface area contributed by atoms with Crippen LogP contribution in [0.5, 0.6) is 0 Å². The van der Waals surface area contributed by atoms with E-state index < -0.39 is 17.9 Å². The Kier molecular flexibility index (Phi) is 15.6. The molecule has 8 rings (SSSR count). The fourth-order valence-corrected chi connectivity index (χ4v) is 7.87. The number of nitrogens with zero attached hydrogens (tertiary/aromatic N) is 3. The summed E-state index contributed by atoms with van der Waals surface area (Å²) in [5, 5.41) is 3.66. The van der Waals surface area contributed by atoms with Crippen molar-refractivity contribution in [3.63, 3.8) is 0 Å². The molecular formula is C35H41BBr2N4NaO8. The summed E-state index contributed by atoms with van der Waals surface area (Å²) in [4.78, 5) is 48.7. The third-order valence-corrected chi connectivity index (χ3v) is 10.4. The van der Waals surface area contributed by atoms with Crippen molar-refractivity contribution in [1.29, 1.82) is 0 Å². The van der Waals surface area contributed by atoms with Crippen LogP contribution in [0.15, 0.2) is 54.2 Å². The first-order valence-corrected chi connectivity index (χ1v) is 18.3. The van der Waals surface area contributed by atoms with E-state index in [2.05, 4.69) is 76.6 Å². The monoisotopic (exact) mass is 837 g/mol. The van der Waals surface area contributed by atoms with Gasteiger partial charge in [0.2, 0.25) is 5.97 Å². The maximum Gasteiger partial charge on any atom is 1.00 e. The van der Waals surface area contributed by atoms with Crippen LogP contribution < -0.4 is 34.9 Å². The minimum atomic E-state index is -0.639. The van der Waals surface area contributed by atoms with Crippen LogP contribution >= 0.6 is 31.9 Å². The molecule has 4 atom stereocenters. The number of carbonyl (C=O) groups excluding carboxylic acids is 3. The molecule has 0 amide bonds. The van der Waals surface area contributed by atoms with Gasteiger partial charge in [-0.2, -0.15) is 0 Å². The summed E-state index contributed by atoms with van der Waals surface area (Å²) in [6.45, 7) is 3.52. The van der Waals surface area contributed by atoms with E-state index in [1.54, 1.807) is 0 Å². The van der Waals surface area contributed by atoms with E-state index in [0.717, 1.165) is 68.9 Å². The Morgan fingerprint density at radius 1 is 0.745 bits per heavy atom. The first-order valence-electron chi connectivity index (χ1n) is 16.7. The number of hydrogen-bond donors (Lipinski definition) is 1. The van der Waals surface area contributed by atoms with Gasteiger partial charge in [-0.1, -0.05) is 31.9 Å². The minimum Gasteiger partial charge on any atom is -0.793 e. The number of halogens is 2. The third-order valence-electron chi connectivity index (χ3n) is 9.44. The Balaban J connectivity index is 0.000000170. The van der Waals surface area contributed by atoms with Gasteiger partial charge in [-0.05, 0) is 94.8 Å². The van der Waals surface area contributed by atoms with Crippen LogP contribution in [0, 0.1) is 0 Å². The molecule has 4 aromatic rings. The van der Waals surface area contributed by atoms with Crippen molar-refractivity contribution in [3.8, 4) is 0 Å². The van der Waals surface area contributed by atoms with Crippen molar-refractivity contribution in [2.75, 3.05) is 7.05 Å². The molecule has 2 aromatic carbocycles. The van der Waals surface area contributed by atoms with Gasteiger partial charge in [0.1, 0.15) is 11.0 Å². The van der Waals surface area contributed by atoms with Gasteiger partial charge in [0, 0.05) is 65.7 Å². The molecule has 4 fully saturated rings. The van der Waals surface area contributed by atoms with E-state index >= 15 is 0 Å². The van der Waals surface area contributed by atoms with Crippen LogP contribution in [0.1, 0.15) is 95.8 Å². The Bertz CT molecular complexity index is 1770. The van der Waals surface area contributed by atoms with E-state index in [1.165, 1.54) is 58.3 Å². The molecule has 4 saturated heterocycles. The average molecular weight is 839 g/mol. The molecule has 267 valence electrons. The molecule has 2 aromatic heterocycles. The van der Waals surface area contributed by atoms with E-state index in [4.69, 9.17) is 13.8 Å². The number of carbonyl (C=O) groups is 3. The molecule has 4 aliphatic heterocycles. The predicted molar refractivity (Wildman–Crippen MR) is 193 cm³/mol. The van der Waals surface area contributed by atoms with Gasteiger partial charge >= 0.3 is 41.5 Å². The van der Waals surface area contributed by atoms with Gasteiger partial charge in [0.15, 0.2) is 22.9 Å². The number of aromatic nitrogens is 2. The number of fused-ring (bicyclic) bond motifs is 6. The van der Waals surface area contributed by atoms with Gasteiger partial charge in [-0.15, -0.1) is 0 Å². The van der Waals surface area contributed by atoms with Crippen LogP contribution in [-0.4, -0.2) is 72.0 Å². The maximum atomic E-state index is 9.85. The molecule has 4 aliphatic rings. The van der Waals surface area contributed by atoms with Crippen molar-refractivity contribution in [3.05, 3.63) is 57.1 Å². The van der Waals surface area contributed by atoms with Gasteiger partial charge in [-0.3, -0.25) is 4.79 Å². The first-order chi connectivity index (χ1) is 23.9.